The molecule has 21 heavy (non-hydrogen) atoms. The third-order valence-electron chi connectivity index (χ3n) is 2.27. The van der Waals surface area contributed by atoms with E-state index in [1.807, 2.05) is 0 Å². The zero-order chi connectivity index (χ0) is 15.6. The Balaban J connectivity index is 2.56. The van der Waals surface area contributed by atoms with E-state index in [-0.39, 0.29) is 15.9 Å². The van der Waals surface area contributed by atoms with E-state index in [2.05, 4.69) is 25.9 Å². The molecule has 2 aromatic rings. The summed E-state index contributed by atoms with van der Waals surface area (Å²) in [6.45, 7) is 0. The normalized spacial score (nSPS) is 10.2. The molecule has 0 radical (unpaired) electrons. The second-order valence-electron chi connectivity index (χ2n) is 3.52. The van der Waals surface area contributed by atoms with Gasteiger partial charge in [0.15, 0.2) is 0 Å². The second-order valence-corrected chi connectivity index (χ2v) is 4.73. The molecule has 0 aliphatic heterocycles. The fourth-order valence-electron chi connectivity index (χ4n) is 1.41. The highest BCUT2D eigenvalue weighted by atomic mass is 79.9. The Morgan fingerprint density at radius 1 is 1.19 bits per heavy atom. The summed E-state index contributed by atoms with van der Waals surface area (Å²) in [4.78, 5) is 27.5. The Hall–Kier alpha value is -2.33. The molecule has 9 nitrogen and oxygen atoms in total. The predicted octanol–water partition coefficient (Wildman–Crippen LogP) is 3.50. The van der Waals surface area contributed by atoms with Gasteiger partial charge in [-0.1, -0.05) is 17.7 Å². The van der Waals surface area contributed by atoms with Gasteiger partial charge in [-0.25, -0.2) is 4.98 Å². The van der Waals surface area contributed by atoms with Gasteiger partial charge in [-0.05, 0) is 22.0 Å². The average Bonchev–Trinajstić information content (AvgIpc) is 2.40. The van der Waals surface area contributed by atoms with E-state index in [0.717, 1.165) is 6.33 Å². The van der Waals surface area contributed by atoms with Gasteiger partial charge < -0.3 is 4.74 Å². The van der Waals surface area contributed by atoms with Gasteiger partial charge in [0.25, 0.3) is 0 Å². The first kappa shape index (κ1) is 15.1. The van der Waals surface area contributed by atoms with Crippen molar-refractivity contribution in [1.29, 1.82) is 0 Å². The van der Waals surface area contributed by atoms with Crippen LogP contribution in [0, 0.1) is 20.2 Å². The van der Waals surface area contributed by atoms with Gasteiger partial charge in [-0.2, -0.15) is 4.98 Å². The SMILES string of the molecule is O=[N+]([O-])c1cccc(Br)c1Oc1ncnc(Cl)c1[N+](=O)[O-]. The molecule has 108 valence electrons. The molecule has 0 spiro atoms. The zero-order valence-corrected chi connectivity index (χ0v) is 12.2. The molecule has 0 N–H and O–H groups in total. The third kappa shape index (κ3) is 3.06. The minimum Gasteiger partial charge on any atom is -0.425 e. The van der Waals surface area contributed by atoms with Gasteiger partial charge in [0.05, 0.1) is 14.3 Å². The van der Waals surface area contributed by atoms with Crippen molar-refractivity contribution >= 4 is 38.9 Å². The summed E-state index contributed by atoms with van der Waals surface area (Å²) in [7, 11) is 0. The fourth-order valence-corrected chi connectivity index (χ4v) is 2.04. The van der Waals surface area contributed by atoms with E-state index < -0.39 is 26.6 Å². The Morgan fingerprint density at radius 2 is 1.90 bits per heavy atom. The Morgan fingerprint density at radius 3 is 2.52 bits per heavy atom. The molecule has 0 aliphatic rings. The molecule has 0 aliphatic carbocycles. The number of halogens is 2. The molecule has 1 heterocycles. The second kappa shape index (κ2) is 5.97. The van der Waals surface area contributed by atoms with Gasteiger partial charge in [0.2, 0.25) is 10.9 Å². The molecular weight excluding hydrogens is 371 g/mol. The van der Waals surface area contributed by atoms with Crippen LogP contribution in [0.3, 0.4) is 0 Å². The van der Waals surface area contributed by atoms with E-state index in [0.29, 0.717) is 0 Å². The highest BCUT2D eigenvalue weighted by Crippen LogP contribution is 2.41. The summed E-state index contributed by atoms with van der Waals surface area (Å²) < 4.78 is 5.45. The zero-order valence-electron chi connectivity index (χ0n) is 9.90. The largest absolute Gasteiger partial charge is 0.425 e. The van der Waals surface area contributed by atoms with E-state index >= 15 is 0 Å². The highest BCUT2D eigenvalue weighted by molar-refractivity contribution is 9.10. The lowest BCUT2D eigenvalue weighted by atomic mass is 10.3. The van der Waals surface area contributed by atoms with Crippen LogP contribution < -0.4 is 4.74 Å². The molecule has 1 aromatic heterocycles. The lowest BCUT2D eigenvalue weighted by molar-refractivity contribution is -0.387. The summed E-state index contributed by atoms with van der Waals surface area (Å²) in [5, 5.41) is 21.5. The van der Waals surface area contributed by atoms with E-state index in [4.69, 9.17) is 16.3 Å². The molecule has 0 saturated carbocycles. The summed E-state index contributed by atoms with van der Waals surface area (Å²) >= 11 is 8.69. The maximum atomic E-state index is 11.0. The minimum atomic E-state index is -0.833. The first-order chi connectivity index (χ1) is 9.91. The third-order valence-corrected chi connectivity index (χ3v) is 3.17. The van der Waals surface area contributed by atoms with Crippen LogP contribution in [-0.2, 0) is 0 Å². The monoisotopic (exact) mass is 374 g/mol. The van der Waals surface area contributed by atoms with Gasteiger partial charge in [-0.15, -0.1) is 0 Å². The van der Waals surface area contributed by atoms with Crippen molar-refractivity contribution in [2.45, 2.75) is 0 Å². The number of para-hydroxylation sites is 1. The predicted molar refractivity (Wildman–Crippen MR) is 74.6 cm³/mol. The molecule has 11 heteroatoms. The fraction of sp³-hybridized carbons (Fsp3) is 0. The number of nitro groups is 2. The number of aromatic nitrogens is 2. The van der Waals surface area contributed by atoms with E-state index in [9.17, 15) is 20.2 Å². The van der Waals surface area contributed by atoms with Gasteiger partial charge >= 0.3 is 17.3 Å². The van der Waals surface area contributed by atoms with E-state index in [1.54, 1.807) is 0 Å². The van der Waals surface area contributed by atoms with Crippen molar-refractivity contribution in [3.63, 3.8) is 0 Å². The smallest absolute Gasteiger partial charge is 0.368 e. The summed E-state index contributed by atoms with van der Waals surface area (Å²) in [6, 6.07) is 4.10. The van der Waals surface area contributed by atoms with Crippen LogP contribution in [0.15, 0.2) is 29.0 Å². The van der Waals surface area contributed by atoms with Crippen molar-refractivity contribution in [3.8, 4) is 11.6 Å². The van der Waals surface area contributed by atoms with Crippen molar-refractivity contribution in [2.24, 2.45) is 0 Å². The lowest BCUT2D eigenvalue weighted by Crippen LogP contribution is -2.00. The highest BCUT2D eigenvalue weighted by Gasteiger charge is 2.27. The van der Waals surface area contributed by atoms with Crippen molar-refractivity contribution < 1.29 is 14.6 Å². The van der Waals surface area contributed by atoms with Crippen LogP contribution in [0.25, 0.3) is 0 Å². The Labute approximate surface area is 130 Å². The maximum Gasteiger partial charge on any atom is 0.368 e. The first-order valence-corrected chi connectivity index (χ1v) is 6.34. The molecule has 2 rings (SSSR count). The summed E-state index contributed by atoms with van der Waals surface area (Å²) in [5.41, 5.74) is -1.06. The lowest BCUT2D eigenvalue weighted by Gasteiger charge is -2.07. The quantitative estimate of drug-likeness (QED) is 0.455. The first-order valence-electron chi connectivity index (χ1n) is 5.17. The van der Waals surface area contributed by atoms with Crippen LogP contribution in [0.2, 0.25) is 5.15 Å². The van der Waals surface area contributed by atoms with Crippen LogP contribution in [0.1, 0.15) is 0 Å². The molecular formula is C10H4BrClN4O5. The number of nitrogens with zero attached hydrogens (tertiary/aromatic N) is 4. The Kier molecular flexibility index (Phi) is 4.29. The summed E-state index contributed by atoms with van der Waals surface area (Å²) in [5.74, 6) is -0.713. The van der Waals surface area contributed by atoms with Crippen LogP contribution in [0.4, 0.5) is 11.4 Å². The number of ether oxygens (including phenoxy) is 1. The average molecular weight is 376 g/mol. The van der Waals surface area contributed by atoms with E-state index in [1.165, 1.54) is 18.2 Å². The number of benzene rings is 1. The van der Waals surface area contributed by atoms with Crippen molar-refractivity contribution in [1.82, 2.24) is 9.97 Å². The van der Waals surface area contributed by atoms with Crippen LogP contribution in [-0.4, -0.2) is 19.8 Å². The minimum absolute atomic E-state index is 0.222. The molecule has 0 fully saturated rings. The Bertz CT molecular complexity index is 741. The van der Waals surface area contributed by atoms with Gasteiger partial charge in [0, 0.05) is 6.07 Å². The number of hydrogen-bond donors (Lipinski definition) is 0. The van der Waals surface area contributed by atoms with Crippen LogP contribution >= 0.6 is 27.5 Å². The van der Waals surface area contributed by atoms with Gasteiger partial charge in [0.1, 0.15) is 6.33 Å². The van der Waals surface area contributed by atoms with Gasteiger partial charge in [-0.3, -0.25) is 20.2 Å². The molecule has 0 atom stereocenters. The number of nitro benzene ring substituents is 1. The van der Waals surface area contributed by atoms with Crippen LogP contribution in [0.5, 0.6) is 11.6 Å². The molecule has 0 saturated heterocycles. The van der Waals surface area contributed by atoms with Crippen molar-refractivity contribution in [3.05, 3.63) is 54.4 Å². The number of hydrogen-bond acceptors (Lipinski definition) is 7. The molecule has 0 unspecified atom stereocenters. The molecule has 0 amide bonds. The topological polar surface area (TPSA) is 121 Å². The maximum absolute atomic E-state index is 11.0. The number of rotatable bonds is 4. The molecule has 0 bridgehead atoms. The van der Waals surface area contributed by atoms with Crippen molar-refractivity contribution in [2.75, 3.05) is 0 Å². The molecule has 1 aromatic carbocycles. The standard InChI is InChI=1S/C10H4BrClN4O5/c11-5-2-1-3-6(15(17)18)8(5)21-10-7(16(19)20)9(12)13-4-14-10/h1-4H. The summed E-state index contributed by atoms with van der Waals surface area (Å²) in [6.07, 6.45) is 0.952.